The minimum absolute atomic E-state index is 0.456. The third-order valence-corrected chi connectivity index (χ3v) is 3.58. The summed E-state index contributed by atoms with van der Waals surface area (Å²) in [4.78, 5) is 7.70. The molecule has 3 heterocycles. The molecule has 0 spiro atoms. The van der Waals surface area contributed by atoms with Crippen molar-refractivity contribution in [3.05, 3.63) is 66.4 Å². The molecule has 0 aliphatic carbocycles. The third kappa shape index (κ3) is 8.29. The molecule has 0 aliphatic rings. The molecule has 0 unspecified atom stereocenters. The van der Waals surface area contributed by atoms with Crippen LogP contribution >= 0.6 is 0 Å². The van der Waals surface area contributed by atoms with Gasteiger partial charge < -0.3 is 4.42 Å². The van der Waals surface area contributed by atoms with Gasteiger partial charge in [0.05, 0.1) is 12.4 Å². The van der Waals surface area contributed by atoms with E-state index in [0.29, 0.717) is 17.8 Å². The highest BCUT2D eigenvalue weighted by Gasteiger charge is 1.99. The molecule has 5 nitrogen and oxygen atoms in total. The minimum Gasteiger partial charge on any atom is -0.448 e. The van der Waals surface area contributed by atoms with Crippen LogP contribution in [-0.2, 0) is 0 Å². The molecule has 0 amide bonds. The Kier molecular flexibility index (Phi) is 9.22. The molecule has 0 radical (unpaired) electrons. The Labute approximate surface area is 150 Å². The Bertz CT molecular complexity index is 606. The normalized spacial score (nSPS) is 10.3. The quantitative estimate of drug-likeness (QED) is 0.679. The van der Waals surface area contributed by atoms with Gasteiger partial charge in [-0.15, -0.1) is 0 Å². The first-order chi connectivity index (χ1) is 11.9. The lowest BCUT2D eigenvalue weighted by Gasteiger charge is -2.01. The Morgan fingerprint density at radius 2 is 1.44 bits per heavy atom. The highest BCUT2D eigenvalue weighted by atomic mass is 16.3. The number of pyridine rings is 1. The zero-order chi connectivity index (χ0) is 18.7. The molecule has 0 saturated carbocycles. The average Bonchev–Trinajstić information content (AvgIpc) is 3.30. The zero-order valence-electron chi connectivity index (χ0n) is 16.1. The number of hydrogen-bond acceptors (Lipinski definition) is 4. The molecule has 3 rings (SSSR count). The molecule has 0 fully saturated rings. The molecule has 0 atom stereocenters. The largest absolute Gasteiger partial charge is 0.448 e. The number of aromatic nitrogens is 4. The van der Waals surface area contributed by atoms with Crippen LogP contribution in [0.2, 0.25) is 0 Å². The van der Waals surface area contributed by atoms with Gasteiger partial charge in [-0.2, -0.15) is 5.10 Å². The molecule has 0 aliphatic heterocycles. The van der Waals surface area contributed by atoms with Crippen molar-refractivity contribution in [1.29, 1.82) is 0 Å². The van der Waals surface area contributed by atoms with Crippen molar-refractivity contribution >= 4 is 0 Å². The zero-order valence-corrected chi connectivity index (χ0v) is 16.1. The smallest absolute Gasteiger partial charge is 0.180 e. The molecule has 3 aromatic rings. The fourth-order valence-electron chi connectivity index (χ4n) is 1.84. The van der Waals surface area contributed by atoms with Crippen LogP contribution in [0.25, 0.3) is 0 Å². The molecular weight excluding hydrogens is 312 g/mol. The molecule has 0 saturated heterocycles. The number of hydrogen-bond donors (Lipinski definition) is 1. The van der Waals surface area contributed by atoms with E-state index in [-0.39, 0.29) is 0 Å². The van der Waals surface area contributed by atoms with Crippen molar-refractivity contribution in [3.8, 4) is 0 Å². The third-order valence-electron chi connectivity index (χ3n) is 3.58. The molecule has 0 aromatic carbocycles. The maximum Gasteiger partial charge on any atom is 0.180 e. The molecule has 0 bridgehead atoms. The first-order valence-corrected chi connectivity index (χ1v) is 8.68. The highest BCUT2D eigenvalue weighted by molar-refractivity contribution is 5.13. The van der Waals surface area contributed by atoms with Crippen molar-refractivity contribution in [3.63, 3.8) is 0 Å². The van der Waals surface area contributed by atoms with Crippen LogP contribution < -0.4 is 0 Å². The maximum absolute atomic E-state index is 4.98. The van der Waals surface area contributed by atoms with Crippen molar-refractivity contribution in [2.75, 3.05) is 0 Å². The first-order valence-electron chi connectivity index (χ1n) is 8.68. The van der Waals surface area contributed by atoms with Crippen LogP contribution in [0.3, 0.4) is 0 Å². The van der Waals surface area contributed by atoms with Crippen LogP contribution in [0.1, 0.15) is 76.2 Å². The van der Waals surface area contributed by atoms with Crippen LogP contribution in [0.5, 0.6) is 0 Å². The predicted molar refractivity (Wildman–Crippen MR) is 102 cm³/mol. The SMILES string of the molecule is CC(C)c1ccncc1.CC(C)c1cn[nH]c1.CC(C)c1cnco1. The van der Waals surface area contributed by atoms with E-state index in [9.17, 15) is 0 Å². The van der Waals surface area contributed by atoms with Gasteiger partial charge in [-0.3, -0.25) is 10.1 Å². The molecular formula is C20H30N4O. The van der Waals surface area contributed by atoms with Gasteiger partial charge in [0.25, 0.3) is 0 Å². The summed E-state index contributed by atoms with van der Waals surface area (Å²) in [6.45, 7) is 12.8. The number of nitrogens with one attached hydrogen (secondary N) is 1. The summed E-state index contributed by atoms with van der Waals surface area (Å²) < 4.78 is 4.98. The summed E-state index contributed by atoms with van der Waals surface area (Å²) in [5.41, 5.74) is 2.62. The Balaban J connectivity index is 0.000000188. The standard InChI is InChI=1S/C8H11N.C6H10N2.C6H9NO/c1-7(2)8-3-5-9-6-4-8;1-5(2)6-3-7-8-4-6;1-5(2)6-3-7-4-8-6/h3-7H,1-2H3;3-5H,1-2H3,(H,7,8);3-5H,1-2H3. The Morgan fingerprint density at radius 1 is 0.800 bits per heavy atom. The molecule has 1 N–H and O–H groups in total. The Morgan fingerprint density at radius 3 is 1.72 bits per heavy atom. The van der Waals surface area contributed by atoms with E-state index < -0.39 is 0 Å². The second kappa shape index (κ2) is 11.2. The van der Waals surface area contributed by atoms with Gasteiger partial charge in [0.2, 0.25) is 0 Å². The lowest BCUT2D eigenvalue weighted by molar-refractivity contribution is 0.482. The summed E-state index contributed by atoms with van der Waals surface area (Å²) in [6.07, 6.45) is 10.6. The molecule has 5 heteroatoms. The fraction of sp³-hybridized carbons (Fsp3) is 0.450. The van der Waals surface area contributed by atoms with Gasteiger partial charge in [0, 0.05) is 24.5 Å². The van der Waals surface area contributed by atoms with Crippen LogP contribution in [0, 0.1) is 0 Å². The fourth-order valence-corrected chi connectivity index (χ4v) is 1.84. The Hall–Kier alpha value is -2.43. The van der Waals surface area contributed by atoms with E-state index >= 15 is 0 Å². The number of rotatable bonds is 3. The number of oxazole rings is 1. The summed E-state index contributed by atoms with van der Waals surface area (Å²) in [7, 11) is 0. The predicted octanol–water partition coefficient (Wildman–Crippen LogP) is 5.54. The molecule has 3 aromatic heterocycles. The van der Waals surface area contributed by atoms with Crippen molar-refractivity contribution in [1.82, 2.24) is 20.2 Å². The topological polar surface area (TPSA) is 67.6 Å². The van der Waals surface area contributed by atoms with Crippen LogP contribution in [0.4, 0.5) is 0 Å². The van der Waals surface area contributed by atoms with Crippen LogP contribution in [-0.4, -0.2) is 20.2 Å². The summed E-state index contributed by atoms with van der Waals surface area (Å²) >= 11 is 0. The minimum atomic E-state index is 0.456. The van der Waals surface area contributed by atoms with Gasteiger partial charge in [-0.25, -0.2) is 4.98 Å². The summed E-state index contributed by atoms with van der Waals surface area (Å²) in [5, 5.41) is 6.58. The van der Waals surface area contributed by atoms with Gasteiger partial charge in [0.1, 0.15) is 5.76 Å². The van der Waals surface area contributed by atoms with E-state index in [4.69, 9.17) is 4.42 Å². The van der Waals surface area contributed by atoms with Gasteiger partial charge in [-0.1, -0.05) is 41.5 Å². The molecule has 136 valence electrons. The van der Waals surface area contributed by atoms with Gasteiger partial charge in [-0.05, 0) is 35.1 Å². The summed E-state index contributed by atoms with van der Waals surface area (Å²) in [6, 6.07) is 4.09. The van der Waals surface area contributed by atoms with Crippen LogP contribution in [0.15, 0.2) is 53.9 Å². The second-order valence-electron chi connectivity index (χ2n) is 6.68. The first kappa shape index (κ1) is 20.6. The van der Waals surface area contributed by atoms with Crippen molar-refractivity contribution in [2.45, 2.75) is 59.3 Å². The van der Waals surface area contributed by atoms with Crippen molar-refractivity contribution in [2.24, 2.45) is 0 Å². The van der Waals surface area contributed by atoms with E-state index in [2.05, 4.69) is 61.7 Å². The highest BCUT2D eigenvalue weighted by Crippen LogP contribution is 2.11. The number of H-pyrrole nitrogens is 1. The van der Waals surface area contributed by atoms with E-state index in [0.717, 1.165) is 5.76 Å². The molecule has 25 heavy (non-hydrogen) atoms. The average molecular weight is 342 g/mol. The van der Waals surface area contributed by atoms with E-state index in [1.807, 2.05) is 36.9 Å². The second-order valence-corrected chi connectivity index (χ2v) is 6.68. The lowest BCUT2D eigenvalue weighted by Crippen LogP contribution is -1.85. The number of aromatic amines is 1. The monoisotopic (exact) mass is 342 g/mol. The van der Waals surface area contributed by atoms with E-state index in [1.54, 1.807) is 6.20 Å². The summed E-state index contributed by atoms with van der Waals surface area (Å²) in [5.74, 6) is 2.62. The lowest BCUT2D eigenvalue weighted by atomic mass is 10.1. The van der Waals surface area contributed by atoms with Gasteiger partial charge in [0.15, 0.2) is 6.39 Å². The van der Waals surface area contributed by atoms with Crippen molar-refractivity contribution < 1.29 is 4.42 Å². The maximum atomic E-state index is 4.98. The van der Waals surface area contributed by atoms with E-state index in [1.165, 1.54) is 17.5 Å². The van der Waals surface area contributed by atoms with Gasteiger partial charge >= 0.3 is 0 Å². The number of nitrogens with zero attached hydrogens (tertiary/aromatic N) is 3.